The maximum absolute atomic E-state index is 14.2. The fourth-order valence-electron chi connectivity index (χ4n) is 2.11. The third-order valence-corrected chi connectivity index (χ3v) is 3.28. The van der Waals surface area contributed by atoms with Gasteiger partial charge in [0.2, 0.25) is 0 Å². The lowest BCUT2D eigenvalue weighted by Crippen LogP contribution is -2.18. The standard InChI is InChI=1S/C16H19FN2O/c1-19(14-7-4-8-15(9-14)20-2)11-13-6-3-5-12(10-18)16(13)17/h3-9H,10-11,18H2,1-2H3. The van der Waals surface area contributed by atoms with Crippen LogP contribution in [0.1, 0.15) is 11.1 Å². The number of rotatable bonds is 5. The molecule has 0 aliphatic rings. The lowest BCUT2D eigenvalue weighted by Gasteiger charge is -2.20. The topological polar surface area (TPSA) is 38.5 Å². The fraction of sp³-hybridized carbons (Fsp3) is 0.250. The Hall–Kier alpha value is -2.07. The first-order chi connectivity index (χ1) is 9.65. The number of nitrogens with two attached hydrogens (primary N) is 1. The van der Waals surface area contributed by atoms with Crippen molar-refractivity contribution < 1.29 is 9.13 Å². The smallest absolute Gasteiger partial charge is 0.132 e. The maximum Gasteiger partial charge on any atom is 0.132 e. The summed E-state index contributed by atoms with van der Waals surface area (Å²) in [5, 5.41) is 0. The Kier molecular flexibility index (Phi) is 4.58. The summed E-state index contributed by atoms with van der Waals surface area (Å²) in [6, 6.07) is 13.0. The first kappa shape index (κ1) is 14.3. The second-order valence-electron chi connectivity index (χ2n) is 4.65. The minimum atomic E-state index is -0.218. The summed E-state index contributed by atoms with van der Waals surface area (Å²) in [6.07, 6.45) is 0. The van der Waals surface area contributed by atoms with Crippen molar-refractivity contribution in [3.8, 4) is 5.75 Å². The number of ether oxygens (including phenoxy) is 1. The maximum atomic E-state index is 14.2. The number of nitrogens with zero attached hydrogens (tertiary/aromatic N) is 1. The zero-order valence-electron chi connectivity index (χ0n) is 11.8. The van der Waals surface area contributed by atoms with E-state index in [1.807, 2.05) is 42.3 Å². The van der Waals surface area contributed by atoms with E-state index in [1.165, 1.54) is 0 Å². The molecule has 4 heteroatoms. The van der Waals surface area contributed by atoms with Crippen LogP contribution < -0.4 is 15.4 Å². The van der Waals surface area contributed by atoms with E-state index in [4.69, 9.17) is 10.5 Å². The fourth-order valence-corrected chi connectivity index (χ4v) is 2.11. The Balaban J connectivity index is 2.21. The minimum Gasteiger partial charge on any atom is -0.497 e. The van der Waals surface area contributed by atoms with Crippen LogP contribution in [0.2, 0.25) is 0 Å². The van der Waals surface area contributed by atoms with Crippen LogP contribution in [-0.2, 0) is 13.1 Å². The zero-order valence-corrected chi connectivity index (χ0v) is 11.8. The lowest BCUT2D eigenvalue weighted by atomic mass is 10.1. The summed E-state index contributed by atoms with van der Waals surface area (Å²) in [4.78, 5) is 1.97. The van der Waals surface area contributed by atoms with E-state index in [1.54, 1.807) is 19.2 Å². The van der Waals surface area contributed by atoms with Crippen LogP contribution in [0.4, 0.5) is 10.1 Å². The van der Waals surface area contributed by atoms with Crippen molar-refractivity contribution in [1.29, 1.82) is 0 Å². The average Bonchev–Trinajstić information content (AvgIpc) is 2.49. The Morgan fingerprint density at radius 2 is 1.85 bits per heavy atom. The van der Waals surface area contributed by atoms with Gasteiger partial charge < -0.3 is 15.4 Å². The molecule has 2 aromatic rings. The van der Waals surface area contributed by atoms with Gasteiger partial charge in [0.1, 0.15) is 11.6 Å². The van der Waals surface area contributed by atoms with Crippen LogP contribution in [0.5, 0.6) is 5.75 Å². The summed E-state index contributed by atoms with van der Waals surface area (Å²) in [7, 11) is 3.55. The van der Waals surface area contributed by atoms with Gasteiger partial charge in [-0.2, -0.15) is 0 Å². The van der Waals surface area contributed by atoms with Crippen LogP contribution in [-0.4, -0.2) is 14.2 Å². The van der Waals surface area contributed by atoms with Crippen molar-refractivity contribution in [2.45, 2.75) is 13.1 Å². The van der Waals surface area contributed by atoms with Crippen molar-refractivity contribution in [3.05, 3.63) is 59.4 Å². The third-order valence-electron chi connectivity index (χ3n) is 3.28. The molecule has 20 heavy (non-hydrogen) atoms. The predicted molar refractivity (Wildman–Crippen MR) is 79.4 cm³/mol. The van der Waals surface area contributed by atoms with Crippen LogP contribution in [0.15, 0.2) is 42.5 Å². The molecule has 3 nitrogen and oxygen atoms in total. The lowest BCUT2D eigenvalue weighted by molar-refractivity contribution is 0.415. The highest BCUT2D eigenvalue weighted by Gasteiger charge is 2.10. The first-order valence-corrected chi connectivity index (χ1v) is 6.47. The van der Waals surface area contributed by atoms with Gasteiger partial charge in [-0.05, 0) is 12.1 Å². The molecule has 2 rings (SSSR count). The highest BCUT2D eigenvalue weighted by Crippen LogP contribution is 2.22. The summed E-state index contributed by atoms with van der Waals surface area (Å²) in [6.45, 7) is 0.690. The highest BCUT2D eigenvalue weighted by molar-refractivity contribution is 5.50. The van der Waals surface area contributed by atoms with Gasteiger partial charge in [-0.3, -0.25) is 0 Å². The number of halogens is 1. The van der Waals surface area contributed by atoms with Gasteiger partial charge >= 0.3 is 0 Å². The molecule has 0 heterocycles. The van der Waals surface area contributed by atoms with Gasteiger partial charge in [-0.25, -0.2) is 4.39 Å². The van der Waals surface area contributed by atoms with Crippen molar-refractivity contribution in [2.24, 2.45) is 5.73 Å². The first-order valence-electron chi connectivity index (χ1n) is 6.47. The Bertz CT molecular complexity index is 586. The molecule has 0 aliphatic heterocycles. The van der Waals surface area contributed by atoms with Crippen molar-refractivity contribution >= 4 is 5.69 Å². The van der Waals surface area contributed by atoms with E-state index in [0.717, 1.165) is 11.4 Å². The van der Waals surface area contributed by atoms with Crippen LogP contribution in [0.25, 0.3) is 0 Å². The Morgan fingerprint density at radius 1 is 1.15 bits per heavy atom. The molecule has 0 unspecified atom stereocenters. The van der Waals surface area contributed by atoms with Gasteiger partial charge in [0.05, 0.1) is 7.11 Å². The number of hydrogen-bond donors (Lipinski definition) is 1. The van der Waals surface area contributed by atoms with E-state index in [9.17, 15) is 4.39 Å². The van der Waals surface area contributed by atoms with Crippen LogP contribution in [0, 0.1) is 5.82 Å². The van der Waals surface area contributed by atoms with Gasteiger partial charge in [0.15, 0.2) is 0 Å². The van der Waals surface area contributed by atoms with Gasteiger partial charge in [-0.15, -0.1) is 0 Å². The van der Waals surface area contributed by atoms with Crippen LogP contribution in [0.3, 0.4) is 0 Å². The van der Waals surface area contributed by atoms with Gasteiger partial charge in [-0.1, -0.05) is 24.3 Å². The number of anilines is 1. The van der Waals surface area contributed by atoms with E-state index < -0.39 is 0 Å². The summed E-state index contributed by atoms with van der Waals surface area (Å²) < 4.78 is 19.4. The van der Waals surface area contributed by atoms with E-state index in [0.29, 0.717) is 17.7 Å². The molecule has 0 bridgehead atoms. The molecule has 2 N–H and O–H groups in total. The summed E-state index contributed by atoms with van der Waals surface area (Å²) in [5.41, 5.74) is 7.68. The number of hydrogen-bond acceptors (Lipinski definition) is 3. The monoisotopic (exact) mass is 274 g/mol. The van der Waals surface area contributed by atoms with Crippen molar-refractivity contribution in [3.63, 3.8) is 0 Å². The Labute approximate surface area is 118 Å². The second kappa shape index (κ2) is 6.39. The van der Waals surface area contributed by atoms with E-state index >= 15 is 0 Å². The summed E-state index contributed by atoms with van der Waals surface area (Å²) >= 11 is 0. The quantitative estimate of drug-likeness (QED) is 0.911. The number of methoxy groups -OCH3 is 1. The van der Waals surface area contributed by atoms with Crippen molar-refractivity contribution in [1.82, 2.24) is 0 Å². The average molecular weight is 274 g/mol. The molecule has 0 fully saturated rings. The van der Waals surface area contributed by atoms with Crippen LogP contribution >= 0.6 is 0 Å². The molecule has 0 spiro atoms. The van der Waals surface area contributed by atoms with Gasteiger partial charge in [0.25, 0.3) is 0 Å². The molecule has 0 aliphatic carbocycles. The molecule has 106 valence electrons. The Morgan fingerprint density at radius 3 is 2.55 bits per heavy atom. The summed E-state index contributed by atoms with van der Waals surface area (Å²) in [5.74, 6) is 0.565. The molecule has 0 radical (unpaired) electrons. The molecule has 0 saturated carbocycles. The normalized spacial score (nSPS) is 10.4. The zero-order chi connectivity index (χ0) is 14.5. The predicted octanol–water partition coefficient (Wildman–Crippen LogP) is 2.93. The largest absolute Gasteiger partial charge is 0.497 e. The molecule has 0 saturated heterocycles. The van der Waals surface area contributed by atoms with Crippen molar-refractivity contribution in [2.75, 3.05) is 19.1 Å². The second-order valence-corrected chi connectivity index (χ2v) is 4.65. The molecule has 0 amide bonds. The van der Waals surface area contributed by atoms with E-state index in [-0.39, 0.29) is 12.4 Å². The minimum absolute atomic E-state index is 0.211. The third kappa shape index (κ3) is 3.08. The SMILES string of the molecule is COc1cccc(N(C)Cc2cccc(CN)c2F)c1. The number of benzene rings is 2. The molecular weight excluding hydrogens is 255 g/mol. The molecule has 0 atom stereocenters. The van der Waals surface area contributed by atoms with Gasteiger partial charge in [0, 0.05) is 43.0 Å². The molecule has 0 aromatic heterocycles. The highest BCUT2D eigenvalue weighted by atomic mass is 19.1. The molecule has 2 aromatic carbocycles. The van der Waals surface area contributed by atoms with E-state index in [2.05, 4.69) is 0 Å². The molecular formula is C16H19FN2O.